The van der Waals surface area contributed by atoms with Crippen LogP contribution in [0.4, 0.5) is 5.69 Å². The van der Waals surface area contributed by atoms with Crippen molar-refractivity contribution in [1.82, 2.24) is 8.61 Å². The standard InChI is InChI=1S/C24H24ClN3O5S2/c1-18-21(25)13-8-14-22(18)26-24(29)23-17-27(34(30,31)19-9-4-2-5-10-19)15-16-28(23)35(32,33)20-11-6-3-7-12-20/h2-14,23H,15-17H2,1H3,(H,26,29). The minimum Gasteiger partial charge on any atom is -0.324 e. The van der Waals surface area contributed by atoms with Crippen LogP contribution < -0.4 is 5.32 Å². The van der Waals surface area contributed by atoms with Gasteiger partial charge in [0.05, 0.1) is 9.79 Å². The number of nitrogens with zero attached hydrogens (tertiary/aromatic N) is 2. The van der Waals surface area contributed by atoms with Gasteiger partial charge >= 0.3 is 0 Å². The monoisotopic (exact) mass is 533 g/mol. The third-order valence-electron chi connectivity index (χ3n) is 5.85. The molecular weight excluding hydrogens is 510 g/mol. The van der Waals surface area contributed by atoms with E-state index in [2.05, 4.69) is 5.32 Å². The second-order valence-electron chi connectivity index (χ2n) is 8.02. The zero-order valence-electron chi connectivity index (χ0n) is 18.8. The van der Waals surface area contributed by atoms with Gasteiger partial charge in [-0.3, -0.25) is 4.79 Å². The van der Waals surface area contributed by atoms with Crippen LogP contribution in [0.1, 0.15) is 5.56 Å². The molecule has 1 amide bonds. The van der Waals surface area contributed by atoms with Crippen LogP contribution in [-0.2, 0) is 24.8 Å². The van der Waals surface area contributed by atoms with E-state index in [1.54, 1.807) is 61.5 Å². The molecule has 0 bridgehead atoms. The van der Waals surface area contributed by atoms with Gasteiger partial charge in [0.2, 0.25) is 26.0 Å². The molecule has 0 aromatic heterocycles. The van der Waals surface area contributed by atoms with Crippen LogP contribution in [0, 0.1) is 6.92 Å². The van der Waals surface area contributed by atoms with Crippen LogP contribution in [-0.4, -0.2) is 57.0 Å². The lowest BCUT2D eigenvalue weighted by Crippen LogP contribution is -2.60. The molecule has 1 unspecified atom stereocenters. The summed E-state index contributed by atoms with van der Waals surface area (Å²) >= 11 is 6.17. The fourth-order valence-electron chi connectivity index (χ4n) is 3.89. The summed E-state index contributed by atoms with van der Waals surface area (Å²) in [6.45, 7) is 1.11. The molecule has 8 nitrogen and oxygen atoms in total. The van der Waals surface area contributed by atoms with Gasteiger partial charge < -0.3 is 5.32 Å². The molecule has 1 heterocycles. The summed E-state index contributed by atoms with van der Waals surface area (Å²) in [6, 6.07) is 19.3. The van der Waals surface area contributed by atoms with Crippen molar-refractivity contribution in [3.05, 3.63) is 89.4 Å². The van der Waals surface area contributed by atoms with E-state index in [1.165, 1.54) is 24.3 Å². The topological polar surface area (TPSA) is 104 Å². The summed E-state index contributed by atoms with van der Waals surface area (Å²) < 4.78 is 55.6. The van der Waals surface area contributed by atoms with E-state index >= 15 is 0 Å². The van der Waals surface area contributed by atoms with Crippen molar-refractivity contribution in [2.24, 2.45) is 0 Å². The van der Waals surface area contributed by atoms with Crippen molar-refractivity contribution in [2.45, 2.75) is 22.8 Å². The van der Waals surface area contributed by atoms with Crippen LogP contribution in [0.3, 0.4) is 0 Å². The molecule has 0 aliphatic carbocycles. The molecule has 11 heteroatoms. The Hall–Kier alpha value is -2.76. The summed E-state index contributed by atoms with van der Waals surface area (Å²) in [4.78, 5) is 13.5. The number of piperazine rings is 1. The van der Waals surface area contributed by atoms with Gasteiger partial charge in [-0.2, -0.15) is 8.61 Å². The Morgan fingerprint density at radius 2 is 1.40 bits per heavy atom. The Morgan fingerprint density at radius 3 is 2.00 bits per heavy atom. The van der Waals surface area contributed by atoms with Crippen molar-refractivity contribution in [3.8, 4) is 0 Å². The normalized spacial score (nSPS) is 17.7. The molecule has 3 aromatic carbocycles. The first-order valence-electron chi connectivity index (χ1n) is 10.8. The van der Waals surface area contributed by atoms with Crippen molar-refractivity contribution in [1.29, 1.82) is 0 Å². The fourth-order valence-corrected chi connectivity index (χ4v) is 7.11. The highest BCUT2D eigenvalue weighted by molar-refractivity contribution is 7.89. The van der Waals surface area contributed by atoms with Crippen molar-refractivity contribution in [3.63, 3.8) is 0 Å². The molecule has 1 aliphatic heterocycles. The maximum atomic E-state index is 13.5. The summed E-state index contributed by atoms with van der Waals surface area (Å²) in [6.07, 6.45) is 0. The van der Waals surface area contributed by atoms with E-state index in [4.69, 9.17) is 11.6 Å². The van der Waals surface area contributed by atoms with Crippen LogP contribution in [0.2, 0.25) is 5.02 Å². The fraction of sp³-hybridized carbons (Fsp3) is 0.208. The van der Waals surface area contributed by atoms with Crippen LogP contribution in [0.15, 0.2) is 88.7 Å². The third-order valence-corrected chi connectivity index (χ3v) is 10.1. The number of hydrogen-bond donors (Lipinski definition) is 1. The molecule has 0 radical (unpaired) electrons. The molecule has 1 aliphatic rings. The minimum atomic E-state index is -4.08. The van der Waals surface area contributed by atoms with E-state index in [9.17, 15) is 21.6 Å². The molecule has 1 atom stereocenters. The van der Waals surface area contributed by atoms with Crippen LogP contribution in [0.5, 0.6) is 0 Å². The van der Waals surface area contributed by atoms with Gasteiger partial charge in [0.1, 0.15) is 6.04 Å². The maximum Gasteiger partial charge on any atom is 0.244 e. The number of carbonyl (C=O) groups is 1. The average Bonchev–Trinajstić information content (AvgIpc) is 2.87. The molecule has 1 N–H and O–H groups in total. The number of sulfonamides is 2. The molecule has 0 spiro atoms. The first-order valence-corrected chi connectivity index (χ1v) is 14.1. The Morgan fingerprint density at radius 1 is 0.829 bits per heavy atom. The highest BCUT2D eigenvalue weighted by atomic mass is 35.5. The minimum absolute atomic E-state index is 0.0242. The lowest BCUT2D eigenvalue weighted by Gasteiger charge is -2.39. The summed E-state index contributed by atoms with van der Waals surface area (Å²) in [5.74, 6) is -0.650. The number of anilines is 1. The predicted molar refractivity (Wildman–Crippen MR) is 134 cm³/mol. The van der Waals surface area contributed by atoms with E-state index < -0.39 is 32.0 Å². The molecule has 0 saturated carbocycles. The molecule has 184 valence electrons. The SMILES string of the molecule is Cc1c(Cl)cccc1NC(=O)C1CN(S(=O)(=O)c2ccccc2)CCN1S(=O)(=O)c1ccccc1. The van der Waals surface area contributed by atoms with Gasteiger partial charge in [-0.1, -0.05) is 54.1 Å². The van der Waals surface area contributed by atoms with Gasteiger partial charge in [0.25, 0.3) is 0 Å². The van der Waals surface area contributed by atoms with Crippen LogP contribution >= 0.6 is 11.6 Å². The molecule has 1 fully saturated rings. The summed E-state index contributed by atoms with van der Waals surface area (Å²) in [5.41, 5.74) is 1.03. The Balaban J connectivity index is 1.71. The van der Waals surface area contributed by atoms with E-state index in [-0.39, 0.29) is 29.4 Å². The second kappa shape index (κ2) is 10.1. The zero-order valence-corrected chi connectivity index (χ0v) is 21.2. The lowest BCUT2D eigenvalue weighted by molar-refractivity contribution is -0.120. The Bertz CT molecular complexity index is 1430. The largest absolute Gasteiger partial charge is 0.324 e. The van der Waals surface area contributed by atoms with Gasteiger partial charge in [0, 0.05) is 30.3 Å². The second-order valence-corrected chi connectivity index (χ2v) is 12.3. The van der Waals surface area contributed by atoms with Crippen molar-refractivity contribution < 1.29 is 21.6 Å². The molecule has 3 aromatic rings. The van der Waals surface area contributed by atoms with Crippen molar-refractivity contribution >= 4 is 43.2 Å². The third kappa shape index (κ3) is 5.12. The first kappa shape index (κ1) is 25.3. The molecule has 35 heavy (non-hydrogen) atoms. The van der Waals surface area contributed by atoms with Gasteiger partial charge in [-0.05, 0) is 48.9 Å². The predicted octanol–water partition coefficient (Wildman–Crippen LogP) is 3.35. The zero-order chi connectivity index (χ0) is 25.2. The smallest absolute Gasteiger partial charge is 0.244 e. The van der Waals surface area contributed by atoms with Crippen LogP contribution in [0.25, 0.3) is 0 Å². The quantitative estimate of drug-likeness (QED) is 0.523. The first-order chi connectivity index (χ1) is 16.6. The summed E-state index contributed by atoms with van der Waals surface area (Å²) in [7, 11) is -8.01. The van der Waals surface area contributed by atoms with E-state index in [1.807, 2.05) is 0 Å². The molecular formula is C24H24ClN3O5S2. The maximum absolute atomic E-state index is 13.5. The number of hydrogen-bond acceptors (Lipinski definition) is 5. The van der Waals surface area contributed by atoms with Gasteiger partial charge in [-0.25, -0.2) is 16.8 Å². The van der Waals surface area contributed by atoms with E-state index in [0.29, 0.717) is 16.3 Å². The number of amides is 1. The van der Waals surface area contributed by atoms with Gasteiger partial charge in [0.15, 0.2) is 0 Å². The number of halogens is 1. The highest BCUT2D eigenvalue weighted by Gasteiger charge is 2.43. The Kier molecular flexibility index (Phi) is 7.30. The number of carbonyl (C=O) groups excluding carboxylic acids is 1. The van der Waals surface area contributed by atoms with Crippen molar-refractivity contribution in [2.75, 3.05) is 25.0 Å². The number of benzene rings is 3. The number of nitrogens with one attached hydrogen (secondary N) is 1. The Labute approximate surface area is 210 Å². The summed E-state index contributed by atoms with van der Waals surface area (Å²) in [5, 5.41) is 3.17. The van der Waals surface area contributed by atoms with Gasteiger partial charge in [-0.15, -0.1) is 0 Å². The molecule has 1 saturated heterocycles. The average molecular weight is 534 g/mol. The van der Waals surface area contributed by atoms with E-state index in [0.717, 1.165) is 8.61 Å². The lowest BCUT2D eigenvalue weighted by atomic mass is 10.1. The highest BCUT2D eigenvalue weighted by Crippen LogP contribution is 2.28. The molecule has 4 rings (SSSR count). The number of rotatable bonds is 6.